The molecule has 1 atom stereocenters. The second-order valence-corrected chi connectivity index (χ2v) is 5.11. The number of aromatic carboxylic acids is 1. The number of rotatable bonds is 2. The first kappa shape index (κ1) is 12.9. The van der Waals surface area contributed by atoms with Gasteiger partial charge in [0.25, 0.3) is 0 Å². The first-order chi connectivity index (χ1) is 9.60. The highest BCUT2D eigenvalue weighted by Crippen LogP contribution is 2.33. The molecule has 0 aromatic heterocycles. The normalized spacial score (nSPS) is 25.8. The van der Waals surface area contributed by atoms with Gasteiger partial charge in [0, 0.05) is 25.1 Å². The van der Waals surface area contributed by atoms with Crippen LogP contribution in [0.2, 0.25) is 0 Å². The topological polar surface area (TPSA) is 76.1 Å². The molecular formula is C14H15NO5. The molecule has 1 unspecified atom stereocenters. The summed E-state index contributed by atoms with van der Waals surface area (Å²) in [5.41, 5.74) is 0.210. The van der Waals surface area contributed by atoms with Crippen LogP contribution in [0.3, 0.4) is 0 Å². The molecule has 20 heavy (non-hydrogen) atoms. The average Bonchev–Trinajstić information content (AvgIpc) is 2.87. The molecular weight excluding hydrogens is 262 g/mol. The van der Waals surface area contributed by atoms with Gasteiger partial charge in [-0.2, -0.15) is 0 Å². The molecule has 0 bridgehead atoms. The van der Waals surface area contributed by atoms with Gasteiger partial charge in [-0.25, -0.2) is 9.59 Å². The van der Waals surface area contributed by atoms with Gasteiger partial charge in [-0.1, -0.05) is 6.07 Å². The maximum absolute atomic E-state index is 12.1. The summed E-state index contributed by atoms with van der Waals surface area (Å²) in [7, 11) is 0. The second-order valence-electron chi connectivity index (χ2n) is 5.11. The zero-order valence-corrected chi connectivity index (χ0v) is 10.9. The Balaban J connectivity index is 1.80. The number of carboxylic acid groups (broad SMARTS) is 1. The maximum Gasteiger partial charge on any atom is 0.414 e. The molecule has 1 spiro atoms. The number of anilines is 1. The minimum atomic E-state index is -1.02. The monoisotopic (exact) mass is 277 g/mol. The van der Waals surface area contributed by atoms with Crippen molar-refractivity contribution in [2.24, 2.45) is 0 Å². The molecule has 2 fully saturated rings. The van der Waals surface area contributed by atoms with Crippen LogP contribution in [0.5, 0.6) is 0 Å². The average molecular weight is 277 g/mol. The van der Waals surface area contributed by atoms with Crippen molar-refractivity contribution in [1.29, 1.82) is 0 Å². The van der Waals surface area contributed by atoms with Gasteiger partial charge in [-0.3, -0.25) is 4.90 Å². The van der Waals surface area contributed by atoms with E-state index in [4.69, 9.17) is 14.6 Å². The zero-order valence-electron chi connectivity index (χ0n) is 10.9. The maximum atomic E-state index is 12.1. The lowest BCUT2D eigenvalue weighted by atomic mass is 9.97. The van der Waals surface area contributed by atoms with E-state index >= 15 is 0 Å². The number of carboxylic acids is 1. The summed E-state index contributed by atoms with van der Waals surface area (Å²) in [4.78, 5) is 24.6. The van der Waals surface area contributed by atoms with E-state index in [2.05, 4.69) is 0 Å². The number of benzene rings is 1. The van der Waals surface area contributed by atoms with Gasteiger partial charge in [0.15, 0.2) is 0 Å². The van der Waals surface area contributed by atoms with E-state index in [1.165, 1.54) is 17.0 Å². The number of hydrogen-bond acceptors (Lipinski definition) is 4. The fourth-order valence-corrected chi connectivity index (χ4v) is 2.61. The fraction of sp³-hybridized carbons (Fsp3) is 0.429. The number of amides is 1. The number of carbonyl (C=O) groups is 2. The molecule has 6 nitrogen and oxygen atoms in total. The Hall–Kier alpha value is -2.08. The summed E-state index contributed by atoms with van der Waals surface area (Å²) in [6, 6.07) is 6.30. The first-order valence-electron chi connectivity index (χ1n) is 6.51. The van der Waals surface area contributed by atoms with Crippen LogP contribution < -0.4 is 4.90 Å². The van der Waals surface area contributed by atoms with Crippen LogP contribution in [0.1, 0.15) is 23.2 Å². The predicted octanol–water partition coefficient (Wildman–Crippen LogP) is 1.89. The fourth-order valence-electron chi connectivity index (χ4n) is 2.61. The minimum Gasteiger partial charge on any atom is -0.478 e. The molecule has 0 aliphatic carbocycles. The van der Waals surface area contributed by atoms with Crippen LogP contribution in [-0.4, -0.2) is 42.5 Å². The van der Waals surface area contributed by atoms with Crippen LogP contribution in [0, 0.1) is 0 Å². The number of ether oxygens (including phenoxy) is 2. The summed E-state index contributed by atoms with van der Waals surface area (Å²) in [6.45, 7) is 1.56. The van der Waals surface area contributed by atoms with Crippen molar-refractivity contribution in [1.82, 2.24) is 0 Å². The Morgan fingerprint density at radius 3 is 2.85 bits per heavy atom. The van der Waals surface area contributed by atoms with Crippen molar-refractivity contribution < 1.29 is 24.2 Å². The Kier molecular flexibility index (Phi) is 3.10. The molecule has 1 N–H and O–H groups in total. The smallest absolute Gasteiger partial charge is 0.414 e. The highest BCUT2D eigenvalue weighted by molar-refractivity contribution is 5.93. The predicted molar refractivity (Wildman–Crippen MR) is 70.0 cm³/mol. The van der Waals surface area contributed by atoms with Crippen LogP contribution >= 0.6 is 0 Å². The molecule has 2 saturated heterocycles. The lowest BCUT2D eigenvalue weighted by Gasteiger charge is -2.37. The molecule has 2 aliphatic heterocycles. The van der Waals surface area contributed by atoms with E-state index in [1.54, 1.807) is 12.1 Å². The number of hydrogen-bond donors (Lipinski definition) is 1. The summed E-state index contributed by atoms with van der Waals surface area (Å²) < 4.78 is 10.8. The van der Waals surface area contributed by atoms with E-state index in [1.807, 2.05) is 0 Å². The van der Waals surface area contributed by atoms with Gasteiger partial charge in [0.1, 0.15) is 5.60 Å². The van der Waals surface area contributed by atoms with Gasteiger partial charge < -0.3 is 14.6 Å². The molecule has 0 radical (unpaired) electrons. The van der Waals surface area contributed by atoms with Gasteiger partial charge in [-0.15, -0.1) is 0 Å². The van der Waals surface area contributed by atoms with Crippen LogP contribution in [0.4, 0.5) is 10.5 Å². The van der Waals surface area contributed by atoms with Crippen molar-refractivity contribution in [2.75, 3.05) is 24.7 Å². The Morgan fingerprint density at radius 1 is 1.35 bits per heavy atom. The van der Waals surface area contributed by atoms with Crippen molar-refractivity contribution in [3.63, 3.8) is 0 Å². The van der Waals surface area contributed by atoms with E-state index in [0.717, 1.165) is 6.42 Å². The molecule has 1 amide bonds. The highest BCUT2D eigenvalue weighted by atomic mass is 16.6. The summed E-state index contributed by atoms with van der Waals surface area (Å²) in [6.07, 6.45) is 0.974. The van der Waals surface area contributed by atoms with Gasteiger partial charge >= 0.3 is 12.1 Å². The van der Waals surface area contributed by atoms with Crippen LogP contribution in [0.15, 0.2) is 24.3 Å². The molecule has 2 aliphatic rings. The first-order valence-corrected chi connectivity index (χ1v) is 6.51. The van der Waals surface area contributed by atoms with Crippen LogP contribution in [-0.2, 0) is 9.47 Å². The highest BCUT2D eigenvalue weighted by Gasteiger charge is 2.44. The standard InChI is InChI=1S/C14H15NO5/c16-12(17)10-2-1-3-11(8-10)15-6-4-14(20-13(15)18)5-7-19-9-14/h1-3,8H,4-7,9H2,(H,16,17). The second kappa shape index (κ2) is 4.79. The molecule has 0 saturated carbocycles. The minimum absolute atomic E-state index is 0.153. The molecule has 2 heterocycles. The molecule has 6 heteroatoms. The summed E-state index contributed by atoms with van der Waals surface area (Å²) >= 11 is 0. The summed E-state index contributed by atoms with van der Waals surface area (Å²) in [5.74, 6) is -1.02. The molecule has 1 aromatic rings. The van der Waals surface area contributed by atoms with Gasteiger partial charge in [0.2, 0.25) is 0 Å². The lowest BCUT2D eigenvalue weighted by molar-refractivity contribution is -0.0111. The van der Waals surface area contributed by atoms with Crippen molar-refractivity contribution in [2.45, 2.75) is 18.4 Å². The Bertz CT molecular complexity index is 550. The molecule has 106 valence electrons. The van der Waals surface area contributed by atoms with Gasteiger partial charge in [0.05, 0.1) is 18.8 Å². The largest absolute Gasteiger partial charge is 0.478 e. The SMILES string of the molecule is O=C(O)c1cccc(N2CCC3(CCOC3)OC2=O)c1. The van der Waals surface area contributed by atoms with Crippen LogP contribution in [0.25, 0.3) is 0 Å². The quantitative estimate of drug-likeness (QED) is 0.893. The van der Waals surface area contributed by atoms with Crippen molar-refractivity contribution in [3.8, 4) is 0 Å². The third-order valence-corrected chi connectivity index (χ3v) is 3.79. The van der Waals surface area contributed by atoms with Crippen molar-refractivity contribution in [3.05, 3.63) is 29.8 Å². The van der Waals surface area contributed by atoms with E-state index < -0.39 is 17.7 Å². The Morgan fingerprint density at radius 2 is 2.20 bits per heavy atom. The third kappa shape index (κ3) is 2.22. The zero-order chi connectivity index (χ0) is 14.2. The molecule has 1 aromatic carbocycles. The van der Waals surface area contributed by atoms with E-state index in [-0.39, 0.29) is 5.56 Å². The summed E-state index contributed by atoms with van der Waals surface area (Å²) in [5, 5.41) is 8.99. The van der Waals surface area contributed by atoms with E-state index in [0.29, 0.717) is 31.9 Å². The number of carbonyl (C=O) groups excluding carboxylic acids is 1. The molecule has 3 rings (SSSR count). The third-order valence-electron chi connectivity index (χ3n) is 3.79. The number of nitrogens with zero attached hydrogens (tertiary/aromatic N) is 1. The van der Waals surface area contributed by atoms with Crippen molar-refractivity contribution >= 4 is 17.7 Å². The van der Waals surface area contributed by atoms with Gasteiger partial charge in [-0.05, 0) is 18.2 Å². The Labute approximate surface area is 115 Å². The lowest BCUT2D eigenvalue weighted by Crippen LogP contribution is -2.50. The van der Waals surface area contributed by atoms with E-state index in [9.17, 15) is 9.59 Å².